The summed E-state index contributed by atoms with van der Waals surface area (Å²) in [6.07, 6.45) is 4.64. The van der Waals surface area contributed by atoms with Crippen molar-refractivity contribution in [3.05, 3.63) is 84.1 Å². The van der Waals surface area contributed by atoms with Gasteiger partial charge >= 0.3 is 0 Å². The zero-order valence-electron chi connectivity index (χ0n) is 16.9. The molecule has 0 bridgehead atoms. The van der Waals surface area contributed by atoms with Crippen LogP contribution in [0.2, 0.25) is 0 Å². The molecular weight excluding hydrogens is 377 g/mol. The first-order chi connectivity index (χ1) is 14.5. The van der Waals surface area contributed by atoms with Gasteiger partial charge in [0.2, 0.25) is 0 Å². The van der Waals surface area contributed by atoms with Crippen LogP contribution in [0.25, 0.3) is 11.1 Å². The summed E-state index contributed by atoms with van der Waals surface area (Å²) in [7, 11) is 0. The van der Waals surface area contributed by atoms with Gasteiger partial charge in [0, 0.05) is 17.8 Å². The quantitative estimate of drug-likeness (QED) is 0.669. The summed E-state index contributed by atoms with van der Waals surface area (Å²) in [6.45, 7) is 8.49. The monoisotopic (exact) mass is 403 g/mol. The number of hydrogen-bond donors (Lipinski definition) is 3. The van der Waals surface area contributed by atoms with Crippen molar-refractivity contribution in [1.29, 1.82) is 0 Å². The predicted octanol–water partition coefficient (Wildman–Crippen LogP) is 4.43. The van der Waals surface area contributed by atoms with E-state index in [2.05, 4.69) is 41.2 Å². The molecule has 2 aromatic carbocycles. The summed E-state index contributed by atoms with van der Waals surface area (Å²) in [5.74, 6) is 1.21. The Morgan fingerprint density at radius 1 is 1.10 bits per heavy atom. The molecule has 3 fully saturated rings. The summed E-state index contributed by atoms with van der Waals surface area (Å²) in [5, 5.41) is 9.60. The van der Waals surface area contributed by atoms with Gasteiger partial charge in [-0.1, -0.05) is 37.4 Å². The lowest BCUT2D eigenvalue weighted by Crippen LogP contribution is -2.52. The fourth-order valence-corrected chi connectivity index (χ4v) is 4.51. The molecule has 4 nitrogen and oxygen atoms in total. The number of carbonyl (C=O) groups excluding carboxylic acids is 1. The molecule has 1 amide bonds. The molecule has 2 aliphatic carbocycles. The summed E-state index contributed by atoms with van der Waals surface area (Å²) in [5.41, 5.74) is 3.66. The van der Waals surface area contributed by atoms with Crippen molar-refractivity contribution in [3.8, 4) is 11.1 Å². The average Bonchev–Trinajstić information content (AvgIpc) is 3.63. The lowest BCUT2D eigenvalue weighted by Gasteiger charge is -2.30. The first-order valence-electron chi connectivity index (χ1n) is 10.6. The molecule has 1 aliphatic heterocycles. The van der Waals surface area contributed by atoms with Gasteiger partial charge in [-0.2, -0.15) is 0 Å². The van der Waals surface area contributed by atoms with Crippen LogP contribution >= 0.6 is 0 Å². The number of halogens is 1. The van der Waals surface area contributed by atoms with Gasteiger partial charge < -0.3 is 16.0 Å². The van der Waals surface area contributed by atoms with E-state index >= 15 is 0 Å². The molecule has 0 unspecified atom stereocenters. The Labute approximate surface area is 176 Å². The van der Waals surface area contributed by atoms with Gasteiger partial charge in [0.05, 0.1) is 11.4 Å². The standard InChI is InChI=1S/C25H26FN3O/c1-15-25(20-9-10-20,29-16(2)28-15)14-27-24(30)22-12-11-21(26)13-23(22)19-7-5-18(6-8-19)17-3-4-17/h5-8,11-13,17,20,28-29H,1-4,9-10,14H2,(H,27,30)/t25-/m1/s1. The molecule has 30 heavy (non-hydrogen) atoms. The van der Waals surface area contributed by atoms with Gasteiger partial charge in [-0.15, -0.1) is 0 Å². The van der Waals surface area contributed by atoms with Crippen molar-refractivity contribution in [1.82, 2.24) is 16.0 Å². The molecule has 1 heterocycles. The number of hydrogen-bond acceptors (Lipinski definition) is 3. The van der Waals surface area contributed by atoms with Crippen LogP contribution in [-0.4, -0.2) is 18.0 Å². The number of rotatable bonds is 6. The van der Waals surface area contributed by atoms with Crippen LogP contribution in [0.3, 0.4) is 0 Å². The predicted molar refractivity (Wildman–Crippen MR) is 116 cm³/mol. The third-order valence-electron chi connectivity index (χ3n) is 6.51. The van der Waals surface area contributed by atoms with Gasteiger partial charge in [0.15, 0.2) is 0 Å². The van der Waals surface area contributed by atoms with Crippen LogP contribution < -0.4 is 16.0 Å². The topological polar surface area (TPSA) is 53.2 Å². The lowest BCUT2D eigenvalue weighted by molar-refractivity contribution is 0.0943. The number of amides is 1. The second kappa shape index (κ2) is 7.01. The Morgan fingerprint density at radius 2 is 1.83 bits per heavy atom. The van der Waals surface area contributed by atoms with Crippen molar-refractivity contribution in [2.45, 2.75) is 37.1 Å². The summed E-state index contributed by atoms with van der Waals surface area (Å²) < 4.78 is 14.0. The molecule has 1 atom stereocenters. The first-order valence-corrected chi connectivity index (χ1v) is 10.6. The van der Waals surface area contributed by atoms with Crippen LogP contribution in [0, 0.1) is 11.7 Å². The molecule has 2 saturated carbocycles. The molecule has 3 aliphatic rings. The molecule has 0 aromatic heterocycles. The number of nitrogens with one attached hydrogen (secondary N) is 3. The highest BCUT2D eigenvalue weighted by molar-refractivity contribution is 6.01. The Morgan fingerprint density at radius 3 is 2.43 bits per heavy atom. The zero-order chi connectivity index (χ0) is 20.9. The fraction of sp³-hybridized carbons (Fsp3) is 0.320. The third-order valence-corrected chi connectivity index (χ3v) is 6.51. The maximum atomic E-state index is 14.0. The second-order valence-corrected chi connectivity index (χ2v) is 8.72. The minimum Gasteiger partial charge on any atom is -0.359 e. The van der Waals surface area contributed by atoms with E-state index in [1.807, 2.05) is 12.1 Å². The van der Waals surface area contributed by atoms with E-state index in [4.69, 9.17) is 0 Å². The Kier molecular flexibility index (Phi) is 4.42. The van der Waals surface area contributed by atoms with Crippen molar-refractivity contribution < 1.29 is 9.18 Å². The summed E-state index contributed by atoms with van der Waals surface area (Å²) in [4.78, 5) is 13.1. The Bertz CT molecular complexity index is 1040. The largest absolute Gasteiger partial charge is 0.359 e. The van der Waals surface area contributed by atoms with Crippen molar-refractivity contribution in [2.24, 2.45) is 5.92 Å². The van der Waals surface area contributed by atoms with E-state index in [1.165, 1.54) is 30.5 Å². The maximum absolute atomic E-state index is 14.0. The second-order valence-electron chi connectivity index (χ2n) is 8.72. The van der Waals surface area contributed by atoms with E-state index in [0.29, 0.717) is 35.3 Å². The molecule has 2 aromatic rings. The van der Waals surface area contributed by atoms with E-state index in [-0.39, 0.29) is 11.7 Å². The van der Waals surface area contributed by atoms with E-state index in [9.17, 15) is 9.18 Å². The van der Waals surface area contributed by atoms with Crippen LogP contribution in [0.4, 0.5) is 4.39 Å². The van der Waals surface area contributed by atoms with Gasteiger partial charge in [0.25, 0.3) is 5.91 Å². The zero-order valence-corrected chi connectivity index (χ0v) is 16.9. The van der Waals surface area contributed by atoms with E-state index in [0.717, 1.165) is 24.1 Å². The molecule has 5 heteroatoms. The number of carbonyl (C=O) groups is 1. The van der Waals surface area contributed by atoms with Gasteiger partial charge in [-0.3, -0.25) is 4.79 Å². The summed E-state index contributed by atoms with van der Waals surface area (Å²) >= 11 is 0. The molecule has 1 saturated heterocycles. The van der Waals surface area contributed by atoms with Crippen LogP contribution in [0.1, 0.15) is 47.5 Å². The Hall–Kier alpha value is -3.08. The molecular formula is C25H26FN3O. The summed E-state index contributed by atoms with van der Waals surface area (Å²) in [6, 6.07) is 12.5. The fourth-order valence-electron chi connectivity index (χ4n) is 4.51. The maximum Gasteiger partial charge on any atom is 0.252 e. The van der Waals surface area contributed by atoms with E-state index < -0.39 is 5.54 Å². The van der Waals surface area contributed by atoms with Gasteiger partial charge in [-0.05, 0) is 72.4 Å². The van der Waals surface area contributed by atoms with Gasteiger partial charge in [-0.25, -0.2) is 4.39 Å². The molecule has 3 N–H and O–H groups in total. The minimum absolute atomic E-state index is 0.219. The smallest absolute Gasteiger partial charge is 0.252 e. The SMILES string of the molecule is C=C1NC(=C)[C@](CNC(=O)c2ccc(F)cc2-c2ccc(C3CC3)cc2)(C2CC2)N1. The lowest BCUT2D eigenvalue weighted by atomic mass is 9.90. The normalized spacial score (nSPS) is 23.1. The van der Waals surface area contributed by atoms with Crippen LogP contribution in [0.15, 0.2) is 67.1 Å². The Balaban J connectivity index is 1.39. The molecule has 0 radical (unpaired) electrons. The highest BCUT2D eigenvalue weighted by Gasteiger charge is 2.50. The van der Waals surface area contributed by atoms with Gasteiger partial charge in [0.1, 0.15) is 5.82 Å². The minimum atomic E-state index is -0.418. The molecule has 5 rings (SSSR count). The van der Waals surface area contributed by atoms with E-state index in [1.54, 1.807) is 6.07 Å². The highest BCUT2D eigenvalue weighted by Crippen LogP contribution is 2.45. The van der Waals surface area contributed by atoms with Crippen molar-refractivity contribution in [3.63, 3.8) is 0 Å². The third kappa shape index (κ3) is 3.38. The van der Waals surface area contributed by atoms with Crippen molar-refractivity contribution >= 4 is 5.91 Å². The average molecular weight is 404 g/mol. The van der Waals surface area contributed by atoms with Crippen LogP contribution in [-0.2, 0) is 0 Å². The van der Waals surface area contributed by atoms with Crippen molar-refractivity contribution in [2.75, 3.05) is 6.54 Å². The number of benzene rings is 2. The van der Waals surface area contributed by atoms with Crippen LogP contribution in [0.5, 0.6) is 0 Å². The highest BCUT2D eigenvalue weighted by atomic mass is 19.1. The molecule has 0 spiro atoms. The molecule has 154 valence electrons. The first kappa shape index (κ1) is 18.9.